The molecule has 1 saturated heterocycles. The van der Waals surface area contributed by atoms with Crippen LogP contribution in [0.1, 0.15) is 5.56 Å². The summed E-state index contributed by atoms with van der Waals surface area (Å²) in [6.45, 7) is 3.22. The van der Waals surface area contributed by atoms with E-state index in [0.29, 0.717) is 6.42 Å². The number of anilines is 1. The zero-order valence-corrected chi connectivity index (χ0v) is 13.5. The number of carbonyl (C=O) groups excluding carboxylic acids is 1. The van der Waals surface area contributed by atoms with E-state index in [9.17, 15) is 4.79 Å². The molecule has 0 radical (unpaired) electrons. The van der Waals surface area contributed by atoms with Crippen LogP contribution in [0, 0.1) is 0 Å². The second kappa shape index (κ2) is 6.83. The molecule has 0 aliphatic carbocycles. The first-order valence-electron chi connectivity index (χ1n) is 7.45. The number of hydrogen-bond donors (Lipinski definition) is 0. The highest BCUT2D eigenvalue weighted by Crippen LogP contribution is 2.28. The predicted molar refractivity (Wildman–Crippen MR) is 89.8 cm³/mol. The molecule has 2 heterocycles. The molecule has 0 unspecified atom stereocenters. The molecule has 2 aromatic rings. The van der Waals surface area contributed by atoms with Crippen molar-refractivity contribution in [2.75, 3.05) is 38.2 Å². The lowest BCUT2D eigenvalue weighted by Crippen LogP contribution is -2.49. The minimum atomic E-state index is 0.220. The van der Waals surface area contributed by atoms with E-state index in [1.165, 1.54) is 0 Å². The largest absolute Gasteiger partial charge is 0.495 e. The molecule has 1 amide bonds. The van der Waals surface area contributed by atoms with Gasteiger partial charge in [0.2, 0.25) is 5.91 Å². The first-order chi connectivity index (χ1) is 10.8. The maximum Gasteiger partial charge on any atom is 0.227 e. The van der Waals surface area contributed by atoms with Crippen LogP contribution in [0.15, 0.2) is 41.1 Å². The highest BCUT2D eigenvalue weighted by molar-refractivity contribution is 7.07. The smallest absolute Gasteiger partial charge is 0.227 e. The van der Waals surface area contributed by atoms with Gasteiger partial charge in [0.15, 0.2) is 0 Å². The number of carbonyl (C=O) groups is 1. The van der Waals surface area contributed by atoms with Crippen molar-refractivity contribution in [3.05, 3.63) is 46.7 Å². The predicted octanol–water partition coefficient (Wildman–Crippen LogP) is 2.65. The molecular formula is C17H20N2O2S. The number of amides is 1. The van der Waals surface area contributed by atoms with Crippen molar-refractivity contribution in [3.63, 3.8) is 0 Å². The topological polar surface area (TPSA) is 32.8 Å². The van der Waals surface area contributed by atoms with Crippen molar-refractivity contribution in [3.8, 4) is 5.75 Å². The lowest BCUT2D eigenvalue weighted by Gasteiger charge is -2.36. The van der Waals surface area contributed by atoms with Crippen LogP contribution in [0.25, 0.3) is 0 Å². The Morgan fingerprint density at radius 3 is 2.64 bits per heavy atom. The van der Waals surface area contributed by atoms with Gasteiger partial charge in [0, 0.05) is 26.2 Å². The van der Waals surface area contributed by atoms with Gasteiger partial charge >= 0.3 is 0 Å². The average Bonchev–Trinajstić information content (AvgIpc) is 3.08. The minimum absolute atomic E-state index is 0.220. The van der Waals surface area contributed by atoms with Gasteiger partial charge < -0.3 is 14.5 Å². The molecule has 1 aliphatic heterocycles. The monoisotopic (exact) mass is 316 g/mol. The fraction of sp³-hybridized carbons (Fsp3) is 0.353. The number of nitrogens with zero attached hydrogens (tertiary/aromatic N) is 2. The molecule has 0 N–H and O–H groups in total. The molecule has 0 bridgehead atoms. The summed E-state index contributed by atoms with van der Waals surface area (Å²) in [6.07, 6.45) is 0.512. The van der Waals surface area contributed by atoms with Gasteiger partial charge in [-0.15, -0.1) is 0 Å². The summed E-state index contributed by atoms with van der Waals surface area (Å²) in [5, 5.41) is 4.06. The van der Waals surface area contributed by atoms with Gasteiger partial charge in [0.1, 0.15) is 5.75 Å². The zero-order valence-electron chi connectivity index (χ0n) is 12.7. The summed E-state index contributed by atoms with van der Waals surface area (Å²) in [7, 11) is 1.69. The number of ether oxygens (including phenoxy) is 1. The number of para-hydroxylation sites is 2. The molecule has 22 heavy (non-hydrogen) atoms. The summed E-state index contributed by atoms with van der Waals surface area (Å²) >= 11 is 1.64. The van der Waals surface area contributed by atoms with Crippen LogP contribution in [0.2, 0.25) is 0 Å². The summed E-state index contributed by atoms with van der Waals surface area (Å²) < 4.78 is 5.42. The molecule has 0 atom stereocenters. The molecule has 1 aromatic heterocycles. The first kappa shape index (κ1) is 14.9. The number of methoxy groups -OCH3 is 1. The Kier molecular flexibility index (Phi) is 4.63. The number of thiophene rings is 1. The number of piperazine rings is 1. The van der Waals surface area contributed by atoms with Crippen molar-refractivity contribution in [1.82, 2.24) is 4.90 Å². The Hall–Kier alpha value is -2.01. The van der Waals surface area contributed by atoms with Crippen molar-refractivity contribution < 1.29 is 9.53 Å². The molecule has 0 saturated carbocycles. The van der Waals surface area contributed by atoms with E-state index in [-0.39, 0.29) is 5.91 Å². The molecule has 3 rings (SSSR count). The van der Waals surface area contributed by atoms with Gasteiger partial charge in [-0.05, 0) is 34.5 Å². The van der Waals surface area contributed by atoms with E-state index in [0.717, 1.165) is 43.2 Å². The van der Waals surface area contributed by atoms with Crippen LogP contribution in [0.4, 0.5) is 5.69 Å². The summed E-state index contributed by atoms with van der Waals surface area (Å²) in [5.41, 5.74) is 2.22. The van der Waals surface area contributed by atoms with Crippen LogP contribution in [-0.4, -0.2) is 44.1 Å². The quantitative estimate of drug-likeness (QED) is 0.869. The van der Waals surface area contributed by atoms with E-state index in [4.69, 9.17) is 4.74 Å². The molecule has 1 aliphatic rings. The van der Waals surface area contributed by atoms with E-state index in [2.05, 4.69) is 11.0 Å². The number of rotatable bonds is 4. The molecule has 1 aromatic carbocycles. The maximum atomic E-state index is 12.3. The average molecular weight is 316 g/mol. The van der Waals surface area contributed by atoms with Gasteiger partial charge in [-0.3, -0.25) is 4.79 Å². The number of hydrogen-bond acceptors (Lipinski definition) is 4. The summed E-state index contributed by atoms with van der Waals surface area (Å²) in [4.78, 5) is 16.6. The van der Waals surface area contributed by atoms with Crippen molar-refractivity contribution in [1.29, 1.82) is 0 Å². The summed E-state index contributed by atoms with van der Waals surface area (Å²) in [6, 6.07) is 10.1. The second-order valence-electron chi connectivity index (χ2n) is 5.35. The van der Waals surface area contributed by atoms with Crippen LogP contribution in [0.3, 0.4) is 0 Å². The molecule has 116 valence electrons. The maximum absolute atomic E-state index is 12.3. The Labute approximate surface area is 134 Å². The van der Waals surface area contributed by atoms with Crippen molar-refractivity contribution in [2.24, 2.45) is 0 Å². The molecular weight excluding hydrogens is 296 g/mol. The van der Waals surface area contributed by atoms with E-state index < -0.39 is 0 Å². The summed E-state index contributed by atoms with van der Waals surface area (Å²) in [5.74, 6) is 1.11. The number of benzene rings is 1. The lowest BCUT2D eigenvalue weighted by molar-refractivity contribution is -0.130. The van der Waals surface area contributed by atoms with Gasteiger partial charge in [-0.2, -0.15) is 11.3 Å². The van der Waals surface area contributed by atoms with Gasteiger partial charge in [-0.1, -0.05) is 12.1 Å². The molecule has 5 heteroatoms. The Balaban J connectivity index is 1.59. The van der Waals surface area contributed by atoms with Crippen molar-refractivity contribution >= 4 is 22.9 Å². The Morgan fingerprint density at radius 1 is 1.18 bits per heavy atom. The van der Waals surface area contributed by atoms with Crippen LogP contribution >= 0.6 is 11.3 Å². The van der Waals surface area contributed by atoms with E-state index in [1.807, 2.05) is 39.9 Å². The van der Waals surface area contributed by atoms with Gasteiger partial charge in [0.05, 0.1) is 19.2 Å². The third-order valence-electron chi connectivity index (χ3n) is 3.99. The SMILES string of the molecule is COc1ccccc1N1CCN(C(=O)Cc2ccsc2)CC1. The third-order valence-corrected chi connectivity index (χ3v) is 4.73. The van der Waals surface area contributed by atoms with Crippen LogP contribution in [-0.2, 0) is 11.2 Å². The second-order valence-corrected chi connectivity index (χ2v) is 6.13. The lowest BCUT2D eigenvalue weighted by atomic mass is 10.2. The van der Waals surface area contributed by atoms with Gasteiger partial charge in [0.25, 0.3) is 0 Å². The highest BCUT2D eigenvalue weighted by Gasteiger charge is 2.22. The van der Waals surface area contributed by atoms with Crippen molar-refractivity contribution in [2.45, 2.75) is 6.42 Å². The first-order valence-corrected chi connectivity index (χ1v) is 8.39. The molecule has 4 nitrogen and oxygen atoms in total. The van der Waals surface area contributed by atoms with Crippen LogP contribution in [0.5, 0.6) is 5.75 Å². The molecule has 1 fully saturated rings. The van der Waals surface area contributed by atoms with Crippen LogP contribution < -0.4 is 9.64 Å². The third kappa shape index (κ3) is 3.25. The Morgan fingerprint density at radius 2 is 1.95 bits per heavy atom. The van der Waals surface area contributed by atoms with E-state index in [1.54, 1.807) is 18.4 Å². The van der Waals surface area contributed by atoms with Gasteiger partial charge in [-0.25, -0.2) is 0 Å². The molecule has 0 spiro atoms. The Bertz CT molecular complexity index is 619. The minimum Gasteiger partial charge on any atom is -0.495 e. The van der Waals surface area contributed by atoms with E-state index >= 15 is 0 Å². The normalized spacial score (nSPS) is 15.0. The fourth-order valence-corrected chi connectivity index (χ4v) is 3.44. The fourth-order valence-electron chi connectivity index (χ4n) is 2.77. The highest BCUT2D eigenvalue weighted by atomic mass is 32.1. The zero-order chi connectivity index (χ0) is 15.4. The standard InChI is InChI=1S/C17H20N2O2S/c1-21-16-5-3-2-4-15(16)18-7-9-19(10-8-18)17(20)12-14-6-11-22-13-14/h2-6,11,13H,7-10,12H2,1H3.